The van der Waals surface area contributed by atoms with E-state index in [0.717, 1.165) is 11.3 Å². The van der Waals surface area contributed by atoms with Crippen molar-refractivity contribution in [3.8, 4) is 11.8 Å². The van der Waals surface area contributed by atoms with Crippen molar-refractivity contribution < 1.29 is 9.53 Å². The van der Waals surface area contributed by atoms with Gasteiger partial charge in [0, 0.05) is 12.7 Å². The topological polar surface area (TPSA) is 74.2 Å². The number of methoxy groups -OCH3 is 1. The number of carbonyl (C=O) groups excluding carboxylic acids is 1. The van der Waals surface area contributed by atoms with E-state index in [1.54, 1.807) is 13.2 Å². The Morgan fingerprint density at radius 2 is 2.14 bits per heavy atom. The fourth-order valence-electron chi connectivity index (χ4n) is 1.64. The predicted octanol–water partition coefficient (Wildman–Crippen LogP) is 2.06. The summed E-state index contributed by atoms with van der Waals surface area (Å²) >= 11 is 0. The molecule has 21 heavy (non-hydrogen) atoms. The van der Waals surface area contributed by atoms with E-state index in [-0.39, 0.29) is 11.6 Å². The fourth-order valence-corrected chi connectivity index (χ4v) is 1.64. The van der Waals surface area contributed by atoms with Gasteiger partial charge in [0.05, 0.1) is 13.2 Å². The van der Waals surface area contributed by atoms with Crippen molar-refractivity contribution in [2.24, 2.45) is 0 Å². The zero-order chi connectivity index (χ0) is 15.7. The molecule has 1 aromatic carbocycles. The summed E-state index contributed by atoms with van der Waals surface area (Å²) in [5.74, 6) is 0.334. The standard InChI is InChI=1S/C16H19N3O2/c1-4-9-18-11-14(10-17)16(20)19-12(2)13-5-7-15(21-3)8-6-13/h4-8,11-12,18H,1,9H2,2-3H3,(H,19,20)/b14-11-. The Labute approximate surface area is 124 Å². The predicted molar refractivity (Wildman–Crippen MR) is 81.4 cm³/mol. The third kappa shape index (κ3) is 5.03. The maximum atomic E-state index is 12.0. The van der Waals surface area contributed by atoms with E-state index in [1.165, 1.54) is 6.20 Å². The highest BCUT2D eigenvalue weighted by Crippen LogP contribution is 2.17. The molecule has 0 aliphatic heterocycles. The Hall–Kier alpha value is -2.74. The van der Waals surface area contributed by atoms with Crippen LogP contribution in [0.5, 0.6) is 5.75 Å². The lowest BCUT2D eigenvalue weighted by atomic mass is 10.1. The second-order valence-electron chi connectivity index (χ2n) is 4.34. The average molecular weight is 285 g/mol. The second-order valence-corrected chi connectivity index (χ2v) is 4.34. The summed E-state index contributed by atoms with van der Waals surface area (Å²) in [7, 11) is 1.60. The van der Waals surface area contributed by atoms with Crippen molar-refractivity contribution in [3.05, 3.63) is 54.3 Å². The maximum absolute atomic E-state index is 12.0. The van der Waals surface area contributed by atoms with Gasteiger partial charge >= 0.3 is 0 Å². The summed E-state index contributed by atoms with van der Waals surface area (Å²) in [5, 5.41) is 14.6. The normalized spacial score (nSPS) is 12.0. The van der Waals surface area contributed by atoms with Gasteiger partial charge in [0.25, 0.3) is 5.91 Å². The Morgan fingerprint density at radius 3 is 2.67 bits per heavy atom. The van der Waals surface area contributed by atoms with E-state index in [1.807, 2.05) is 37.3 Å². The van der Waals surface area contributed by atoms with Gasteiger partial charge < -0.3 is 15.4 Å². The number of benzene rings is 1. The summed E-state index contributed by atoms with van der Waals surface area (Å²) in [6.07, 6.45) is 3.03. The highest BCUT2D eigenvalue weighted by atomic mass is 16.5. The summed E-state index contributed by atoms with van der Waals surface area (Å²) in [6, 6.07) is 9.05. The maximum Gasteiger partial charge on any atom is 0.263 e. The van der Waals surface area contributed by atoms with Crippen LogP contribution in [-0.2, 0) is 4.79 Å². The Bertz CT molecular complexity index is 556. The molecular formula is C16H19N3O2. The van der Waals surface area contributed by atoms with Gasteiger partial charge in [0.2, 0.25) is 0 Å². The van der Waals surface area contributed by atoms with Crippen molar-refractivity contribution in [2.45, 2.75) is 13.0 Å². The van der Waals surface area contributed by atoms with Crippen molar-refractivity contribution in [1.29, 1.82) is 5.26 Å². The molecule has 0 heterocycles. The molecule has 110 valence electrons. The molecule has 0 aromatic heterocycles. The average Bonchev–Trinajstić information content (AvgIpc) is 2.51. The zero-order valence-electron chi connectivity index (χ0n) is 12.2. The van der Waals surface area contributed by atoms with Gasteiger partial charge in [0.15, 0.2) is 0 Å². The van der Waals surface area contributed by atoms with Gasteiger partial charge in [-0.15, -0.1) is 6.58 Å². The highest BCUT2D eigenvalue weighted by molar-refractivity contribution is 5.97. The quantitative estimate of drug-likeness (QED) is 0.348. The number of amides is 1. The molecule has 0 fully saturated rings. The molecule has 0 aliphatic carbocycles. The third-order valence-electron chi connectivity index (χ3n) is 2.84. The van der Waals surface area contributed by atoms with E-state index in [9.17, 15) is 4.79 Å². The van der Waals surface area contributed by atoms with Gasteiger partial charge in [-0.3, -0.25) is 4.79 Å². The number of hydrogen-bond acceptors (Lipinski definition) is 4. The van der Waals surface area contributed by atoms with Gasteiger partial charge in [-0.05, 0) is 24.6 Å². The van der Waals surface area contributed by atoms with Crippen LogP contribution in [-0.4, -0.2) is 19.6 Å². The Morgan fingerprint density at radius 1 is 1.48 bits per heavy atom. The van der Waals surface area contributed by atoms with Crippen LogP contribution in [0.1, 0.15) is 18.5 Å². The molecule has 0 saturated heterocycles. The molecule has 1 unspecified atom stereocenters. The second kappa shape index (κ2) is 8.43. The van der Waals surface area contributed by atoms with Crippen LogP contribution in [0.4, 0.5) is 0 Å². The van der Waals surface area contributed by atoms with Crippen LogP contribution < -0.4 is 15.4 Å². The molecule has 0 aliphatic rings. The van der Waals surface area contributed by atoms with E-state index < -0.39 is 5.91 Å². The third-order valence-corrected chi connectivity index (χ3v) is 2.84. The van der Waals surface area contributed by atoms with Crippen LogP contribution >= 0.6 is 0 Å². The lowest BCUT2D eigenvalue weighted by molar-refractivity contribution is -0.117. The summed E-state index contributed by atoms with van der Waals surface area (Å²) in [4.78, 5) is 12.0. The van der Waals surface area contributed by atoms with Gasteiger partial charge in [-0.2, -0.15) is 5.26 Å². The van der Waals surface area contributed by atoms with Crippen molar-refractivity contribution in [1.82, 2.24) is 10.6 Å². The first-order chi connectivity index (χ1) is 10.1. The van der Waals surface area contributed by atoms with Gasteiger partial charge in [0.1, 0.15) is 17.4 Å². The summed E-state index contributed by atoms with van der Waals surface area (Å²) in [6.45, 7) is 5.89. The minimum Gasteiger partial charge on any atom is -0.497 e. The minimum atomic E-state index is -0.419. The van der Waals surface area contributed by atoms with Crippen LogP contribution in [0.25, 0.3) is 0 Å². The van der Waals surface area contributed by atoms with Crippen LogP contribution in [0.3, 0.4) is 0 Å². The molecule has 1 atom stereocenters. The molecule has 5 nitrogen and oxygen atoms in total. The lowest BCUT2D eigenvalue weighted by Crippen LogP contribution is -2.28. The molecule has 0 spiro atoms. The smallest absolute Gasteiger partial charge is 0.263 e. The molecule has 0 saturated carbocycles. The van der Waals surface area contributed by atoms with Crippen molar-refractivity contribution in [3.63, 3.8) is 0 Å². The van der Waals surface area contributed by atoms with Gasteiger partial charge in [-0.25, -0.2) is 0 Å². The number of nitrogens with one attached hydrogen (secondary N) is 2. The van der Waals surface area contributed by atoms with Crippen LogP contribution in [0.2, 0.25) is 0 Å². The highest BCUT2D eigenvalue weighted by Gasteiger charge is 2.13. The molecule has 5 heteroatoms. The Balaban J connectivity index is 2.69. The summed E-state index contributed by atoms with van der Waals surface area (Å²) < 4.78 is 5.08. The Kier molecular flexibility index (Phi) is 6.55. The van der Waals surface area contributed by atoms with Crippen LogP contribution in [0, 0.1) is 11.3 Å². The minimum absolute atomic E-state index is 0.0252. The number of rotatable bonds is 7. The first kappa shape index (κ1) is 16.3. The SMILES string of the molecule is C=CCN/C=C(/C#N)C(=O)NC(C)c1ccc(OC)cc1. The summed E-state index contributed by atoms with van der Waals surface area (Å²) in [5.41, 5.74) is 0.956. The van der Waals surface area contributed by atoms with Crippen molar-refractivity contribution in [2.75, 3.05) is 13.7 Å². The number of nitrogens with zero attached hydrogens (tertiary/aromatic N) is 1. The fraction of sp³-hybridized carbons (Fsp3) is 0.250. The molecule has 1 rings (SSSR count). The first-order valence-electron chi connectivity index (χ1n) is 6.51. The number of carbonyl (C=O) groups is 1. The number of ether oxygens (including phenoxy) is 1. The zero-order valence-corrected chi connectivity index (χ0v) is 12.2. The molecule has 0 radical (unpaired) electrons. The molecular weight excluding hydrogens is 266 g/mol. The van der Waals surface area contributed by atoms with Crippen LogP contribution in [0.15, 0.2) is 48.7 Å². The van der Waals surface area contributed by atoms with Crippen molar-refractivity contribution >= 4 is 5.91 Å². The van der Waals surface area contributed by atoms with E-state index in [2.05, 4.69) is 17.2 Å². The molecule has 0 bridgehead atoms. The number of hydrogen-bond donors (Lipinski definition) is 2. The van der Waals surface area contributed by atoms with E-state index in [0.29, 0.717) is 6.54 Å². The lowest BCUT2D eigenvalue weighted by Gasteiger charge is -2.14. The molecule has 2 N–H and O–H groups in total. The monoisotopic (exact) mass is 285 g/mol. The van der Waals surface area contributed by atoms with Gasteiger partial charge in [-0.1, -0.05) is 18.2 Å². The van der Waals surface area contributed by atoms with E-state index in [4.69, 9.17) is 10.00 Å². The van der Waals surface area contributed by atoms with E-state index >= 15 is 0 Å². The first-order valence-corrected chi connectivity index (χ1v) is 6.51. The molecule has 1 aromatic rings. The number of nitriles is 1. The molecule has 1 amide bonds. The largest absolute Gasteiger partial charge is 0.497 e.